The number of hydrogen-bond acceptors (Lipinski definition) is 4. The van der Waals surface area contributed by atoms with Crippen molar-refractivity contribution in [3.63, 3.8) is 0 Å². The standard InChI is InChI=1S/C14H19NO3/c1-17-11-6-4-10(5-7-11)12(15)14(8-3-9-14)13(16)18-2/h4-7,12H,3,8-9,15H2,1-2H3. The van der Waals surface area contributed by atoms with Crippen LogP contribution in [-0.4, -0.2) is 20.2 Å². The summed E-state index contributed by atoms with van der Waals surface area (Å²) in [5.74, 6) is 0.587. The smallest absolute Gasteiger partial charge is 0.313 e. The molecule has 0 radical (unpaired) electrons. The minimum atomic E-state index is -0.538. The van der Waals surface area contributed by atoms with Crippen molar-refractivity contribution in [1.29, 1.82) is 0 Å². The summed E-state index contributed by atoms with van der Waals surface area (Å²) in [6, 6.07) is 7.22. The third-order valence-corrected chi connectivity index (χ3v) is 3.91. The first-order chi connectivity index (χ1) is 8.64. The van der Waals surface area contributed by atoms with Gasteiger partial charge in [0, 0.05) is 6.04 Å². The second-order valence-corrected chi connectivity index (χ2v) is 4.75. The third-order valence-electron chi connectivity index (χ3n) is 3.91. The van der Waals surface area contributed by atoms with Crippen LogP contribution in [0.2, 0.25) is 0 Å². The maximum absolute atomic E-state index is 11.9. The second kappa shape index (κ2) is 4.98. The van der Waals surface area contributed by atoms with E-state index in [1.165, 1.54) is 7.11 Å². The largest absolute Gasteiger partial charge is 0.497 e. The molecule has 1 fully saturated rings. The Morgan fingerprint density at radius 3 is 2.28 bits per heavy atom. The molecule has 1 aliphatic carbocycles. The Kier molecular flexibility index (Phi) is 3.57. The Morgan fingerprint density at radius 2 is 1.89 bits per heavy atom. The van der Waals surface area contributed by atoms with Gasteiger partial charge in [-0.1, -0.05) is 18.6 Å². The Balaban J connectivity index is 2.23. The lowest BCUT2D eigenvalue weighted by molar-refractivity contribution is -0.160. The monoisotopic (exact) mass is 249 g/mol. The molecule has 0 aromatic heterocycles. The maximum Gasteiger partial charge on any atom is 0.313 e. The van der Waals surface area contributed by atoms with Crippen LogP contribution in [0.1, 0.15) is 30.9 Å². The van der Waals surface area contributed by atoms with E-state index in [2.05, 4.69) is 0 Å². The van der Waals surface area contributed by atoms with Gasteiger partial charge in [0.2, 0.25) is 0 Å². The number of methoxy groups -OCH3 is 2. The maximum atomic E-state index is 11.9. The highest BCUT2D eigenvalue weighted by Gasteiger charge is 2.50. The fourth-order valence-corrected chi connectivity index (χ4v) is 2.53. The van der Waals surface area contributed by atoms with Gasteiger partial charge in [0.15, 0.2) is 0 Å². The number of ether oxygens (including phenoxy) is 2. The molecule has 0 saturated heterocycles. The summed E-state index contributed by atoms with van der Waals surface area (Å²) in [6.07, 6.45) is 2.62. The van der Waals surface area contributed by atoms with Crippen molar-refractivity contribution in [2.75, 3.05) is 14.2 Å². The van der Waals surface area contributed by atoms with Crippen LogP contribution in [0, 0.1) is 5.41 Å². The normalized spacial score (nSPS) is 18.6. The molecule has 1 aromatic carbocycles. The average molecular weight is 249 g/mol. The summed E-state index contributed by atoms with van der Waals surface area (Å²) in [4.78, 5) is 11.9. The van der Waals surface area contributed by atoms with Crippen molar-refractivity contribution in [2.24, 2.45) is 11.1 Å². The first-order valence-corrected chi connectivity index (χ1v) is 6.12. The van der Waals surface area contributed by atoms with Crippen LogP contribution < -0.4 is 10.5 Å². The van der Waals surface area contributed by atoms with Gasteiger partial charge in [0.05, 0.1) is 19.6 Å². The van der Waals surface area contributed by atoms with Crippen molar-refractivity contribution in [3.05, 3.63) is 29.8 Å². The summed E-state index contributed by atoms with van der Waals surface area (Å²) in [7, 11) is 3.04. The summed E-state index contributed by atoms with van der Waals surface area (Å²) in [6.45, 7) is 0. The zero-order chi connectivity index (χ0) is 13.2. The van der Waals surface area contributed by atoms with Gasteiger partial charge >= 0.3 is 5.97 Å². The molecule has 0 bridgehead atoms. The van der Waals surface area contributed by atoms with E-state index in [-0.39, 0.29) is 12.0 Å². The molecule has 0 spiro atoms. The van der Waals surface area contributed by atoms with Crippen LogP contribution in [0.3, 0.4) is 0 Å². The lowest BCUT2D eigenvalue weighted by Crippen LogP contribution is -2.47. The van der Waals surface area contributed by atoms with Crippen LogP contribution in [0.5, 0.6) is 5.75 Å². The molecule has 0 aliphatic heterocycles. The number of hydrogen-bond donors (Lipinski definition) is 1. The third kappa shape index (κ3) is 1.97. The zero-order valence-electron chi connectivity index (χ0n) is 10.8. The minimum Gasteiger partial charge on any atom is -0.497 e. The van der Waals surface area contributed by atoms with Gasteiger partial charge in [-0.2, -0.15) is 0 Å². The predicted molar refractivity (Wildman–Crippen MR) is 68.2 cm³/mol. The molecule has 0 heterocycles. The molecule has 1 aromatic rings. The summed E-state index contributed by atoms with van der Waals surface area (Å²) in [5, 5.41) is 0. The Morgan fingerprint density at radius 1 is 1.28 bits per heavy atom. The van der Waals surface area contributed by atoms with Crippen LogP contribution in [-0.2, 0) is 9.53 Å². The van der Waals surface area contributed by atoms with Crippen molar-refractivity contribution in [2.45, 2.75) is 25.3 Å². The number of benzene rings is 1. The van der Waals surface area contributed by atoms with E-state index in [9.17, 15) is 4.79 Å². The second-order valence-electron chi connectivity index (χ2n) is 4.75. The van der Waals surface area contributed by atoms with Gasteiger partial charge in [0.1, 0.15) is 5.75 Å². The molecule has 1 unspecified atom stereocenters. The number of nitrogens with two attached hydrogens (primary N) is 1. The fraction of sp³-hybridized carbons (Fsp3) is 0.500. The Labute approximate surface area is 107 Å². The SMILES string of the molecule is COC(=O)C1(C(N)c2ccc(OC)cc2)CCC1. The molecule has 1 atom stereocenters. The van der Waals surface area contributed by atoms with E-state index in [1.807, 2.05) is 24.3 Å². The molecule has 2 N–H and O–H groups in total. The van der Waals surface area contributed by atoms with Crippen LogP contribution in [0.15, 0.2) is 24.3 Å². The Bertz CT molecular complexity index is 423. The van der Waals surface area contributed by atoms with Gasteiger partial charge in [-0.3, -0.25) is 4.79 Å². The van der Waals surface area contributed by atoms with Crippen molar-refractivity contribution < 1.29 is 14.3 Å². The molecular formula is C14H19NO3. The minimum absolute atomic E-state index is 0.197. The average Bonchev–Trinajstić information content (AvgIpc) is 2.37. The molecule has 1 aliphatic rings. The first-order valence-electron chi connectivity index (χ1n) is 6.12. The van der Waals surface area contributed by atoms with E-state index < -0.39 is 5.41 Å². The quantitative estimate of drug-likeness (QED) is 0.829. The van der Waals surface area contributed by atoms with Gasteiger partial charge < -0.3 is 15.2 Å². The highest BCUT2D eigenvalue weighted by Crippen LogP contribution is 2.50. The van der Waals surface area contributed by atoms with Gasteiger partial charge in [0.25, 0.3) is 0 Å². The molecule has 1 saturated carbocycles. The molecule has 2 rings (SSSR count). The summed E-state index contributed by atoms with van der Waals surface area (Å²) in [5.41, 5.74) is 6.67. The molecule has 98 valence electrons. The lowest BCUT2D eigenvalue weighted by Gasteiger charge is -2.43. The summed E-state index contributed by atoms with van der Waals surface area (Å²) < 4.78 is 10.0. The fourth-order valence-electron chi connectivity index (χ4n) is 2.53. The van der Waals surface area contributed by atoms with Crippen molar-refractivity contribution in [3.8, 4) is 5.75 Å². The van der Waals surface area contributed by atoms with E-state index in [0.29, 0.717) is 0 Å². The predicted octanol–water partition coefficient (Wildman–Crippen LogP) is 2.04. The van der Waals surface area contributed by atoms with E-state index in [0.717, 1.165) is 30.6 Å². The van der Waals surface area contributed by atoms with Crippen LogP contribution in [0.4, 0.5) is 0 Å². The van der Waals surface area contributed by atoms with Crippen LogP contribution in [0.25, 0.3) is 0 Å². The number of esters is 1. The highest BCUT2D eigenvalue weighted by atomic mass is 16.5. The van der Waals surface area contributed by atoms with E-state index in [1.54, 1.807) is 7.11 Å². The molecule has 4 heteroatoms. The van der Waals surface area contributed by atoms with E-state index >= 15 is 0 Å². The van der Waals surface area contributed by atoms with Crippen molar-refractivity contribution in [1.82, 2.24) is 0 Å². The van der Waals surface area contributed by atoms with Gasteiger partial charge in [-0.05, 0) is 30.5 Å². The van der Waals surface area contributed by atoms with Crippen molar-refractivity contribution >= 4 is 5.97 Å². The highest BCUT2D eigenvalue weighted by molar-refractivity contribution is 5.79. The molecule has 18 heavy (non-hydrogen) atoms. The lowest BCUT2D eigenvalue weighted by atomic mass is 9.62. The zero-order valence-corrected chi connectivity index (χ0v) is 10.8. The number of carbonyl (C=O) groups excluding carboxylic acids is 1. The van der Waals surface area contributed by atoms with Gasteiger partial charge in [-0.25, -0.2) is 0 Å². The van der Waals surface area contributed by atoms with E-state index in [4.69, 9.17) is 15.2 Å². The topological polar surface area (TPSA) is 61.5 Å². The van der Waals surface area contributed by atoms with Gasteiger partial charge in [-0.15, -0.1) is 0 Å². The van der Waals surface area contributed by atoms with Crippen LogP contribution >= 0.6 is 0 Å². The molecule has 0 amide bonds. The summed E-state index contributed by atoms with van der Waals surface area (Å²) >= 11 is 0. The molecular weight excluding hydrogens is 230 g/mol. The number of carbonyl (C=O) groups is 1. The molecule has 4 nitrogen and oxygen atoms in total. The first kappa shape index (κ1) is 12.9. The Hall–Kier alpha value is -1.55. The number of rotatable bonds is 4.